The molecule has 0 bridgehead atoms. The average Bonchev–Trinajstić information content (AvgIpc) is 3.01. The summed E-state index contributed by atoms with van der Waals surface area (Å²) in [4.78, 5) is 56.2. The molecule has 0 aromatic carbocycles. The van der Waals surface area contributed by atoms with Crippen molar-refractivity contribution in [2.45, 2.75) is 64.2 Å². The third kappa shape index (κ3) is 9.17. The highest BCUT2D eigenvalue weighted by molar-refractivity contribution is 5.92. The zero-order valence-electron chi connectivity index (χ0n) is 25.5. The second-order valence-corrected chi connectivity index (χ2v) is 11.1. The summed E-state index contributed by atoms with van der Waals surface area (Å²) < 4.78 is 0. The van der Waals surface area contributed by atoms with E-state index < -0.39 is 0 Å². The molecule has 236 valence electrons. The van der Waals surface area contributed by atoms with Gasteiger partial charge >= 0.3 is 0 Å². The van der Waals surface area contributed by atoms with Gasteiger partial charge in [-0.05, 0) is 67.8 Å². The van der Waals surface area contributed by atoms with Crippen LogP contribution in [0, 0.1) is 0 Å². The van der Waals surface area contributed by atoms with Gasteiger partial charge in [0.15, 0.2) is 11.6 Å². The molecule has 4 heterocycles. The Morgan fingerprint density at radius 2 is 1.04 bits per heavy atom. The molecule has 2 atom stereocenters. The number of nitrogens with one attached hydrogen (secondary N) is 4. The molecule has 0 radical (unpaired) electrons. The Morgan fingerprint density at radius 1 is 0.587 bits per heavy atom. The number of amides is 4. The first-order valence-corrected chi connectivity index (χ1v) is 14.9. The fraction of sp³-hybridized carbons (Fsp3) is 0.312. The summed E-state index contributed by atoms with van der Waals surface area (Å²) >= 11 is 0. The van der Waals surface area contributed by atoms with Crippen LogP contribution in [0.3, 0.4) is 0 Å². The highest BCUT2D eigenvalue weighted by Gasteiger charge is 2.27. The van der Waals surface area contributed by atoms with E-state index in [0.717, 1.165) is 37.1 Å². The summed E-state index contributed by atoms with van der Waals surface area (Å²) in [7, 11) is 0. The van der Waals surface area contributed by atoms with E-state index in [1.807, 2.05) is 12.1 Å². The largest absolute Gasteiger partial charge is 0.311 e. The first-order chi connectivity index (χ1) is 22.2. The smallest absolute Gasteiger partial charge is 0.231 e. The third-order valence-corrected chi connectivity index (χ3v) is 7.32. The van der Waals surface area contributed by atoms with Crippen LogP contribution in [0.5, 0.6) is 0 Å². The lowest BCUT2D eigenvalue weighted by Gasteiger charge is -2.28. The number of nitrogens with zero attached hydrogens (tertiary/aromatic N) is 6. The van der Waals surface area contributed by atoms with Gasteiger partial charge in [-0.3, -0.25) is 19.2 Å². The lowest BCUT2D eigenvalue weighted by atomic mass is 9.78. The van der Waals surface area contributed by atoms with Crippen LogP contribution in [0.25, 0.3) is 0 Å². The average molecular weight is 623 g/mol. The monoisotopic (exact) mass is 622 g/mol. The molecule has 0 spiro atoms. The van der Waals surface area contributed by atoms with Crippen LogP contribution in [-0.4, -0.2) is 54.0 Å². The number of rotatable bonds is 10. The first-order valence-electron chi connectivity index (χ1n) is 14.9. The molecule has 14 heteroatoms. The molecule has 4 aromatic rings. The standard InChI is InChI=1S/C32H34N10O4/c1-19(43)33-27-10-4-8-23(35-27)17-31(45)37-29-14-12-25(39-41-29)21-6-3-7-22(16-21)26-13-15-30(42-40-26)38-32(46)18-24-9-5-11-28(36-24)34-20(2)44/h4-5,8-15,21-22H,3,6-7,16-18H2,1-2H3,(H,33,35,43)(H,34,36,44)(H,37,41,45)(H,38,42,46)/t21-,22-/m0/s1. The van der Waals surface area contributed by atoms with E-state index in [1.54, 1.807) is 48.5 Å². The van der Waals surface area contributed by atoms with Crippen molar-refractivity contribution in [3.8, 4) is 0 Å². The molecule has 4 aromatic heterocycles. The second-order valence-electron chi connectivity index (χ2n) is 11.1. The minimum Gasteiger partial charge on any atom is -0.311 e. The Hall–Kier alpha value is -5.66. The lowest BCUT2D eigenvalue weighted by Crippen LogP contribution is -2.19. The summed E-state index contributed by atoms with van der Waals surface area (Å²) in [6.07, 6.45) is 3.79. The number of carbonyl (C=O) groups is 4. The maximum absolute atomic E-state index is 12.6. The van der Waals surface area contributed by atoms with Crippen LogP contribution in [0.4, 0.5) is 23.3 Å². The van der Waals surface area contributed by atoms with Gasteiger partial charge in [0.1, 0.15) is 11.6 Å². The molecular weight excluding hydrogens is 588 g/mol. The van der Waals surface area contributed by atoms with Crippen LogP contribution in [-0.2, 0) is 32.0 Å². The van der Waals surface area contributed by atoms with E-state index in [9.17, 15) is 19.2 Å². The quantitative estimate of drug-likeness (QED) is 0.202. The predicted octanol–water partition coefficient (Wildman–Crippen LogP) is 3.78. The fourth-order valence-electron chi connectivity index (χ4n) is 5.34. The number of carbonyl (C=O) groups excluding carboxylic acids is 4. The molecule has 14 nitrogen and oxygen atoms in total. The molecule has 1 saturated carbocycles. The van der Waals surface area contributed by atoms with Gasteiger partial charge in [-0.1, -0.05) is 18.6 Å². The van der Waals surface area contributed by atoms with Crippen LogP contribution < -0.4 is 21.3 Å². The summed E-state index contributed by atoms with van der Waals surface area (Å²) in [5.41, 5.74) is 2.73. The number of aromatic nitrogens is 6. The molecule has 46 heavy (non-hydrogen) atoms. The van der Waals surface area contributed by atoms with Gasteiger partial charge in [-0.25, -0.2) is 9.97 Å². The van der Waals surface area contributed by atoms with E-state index in [2.05, 4.69) is 51.6 Å². The Bertz CT molecular complexity index is 1590. The van der Waals surface area contributed by atoms with Crippen molar-refractivity contribution >= 4 is 46.9 Å². The van der Waals surface area contributed by atoms with Crippen molar-refractivity contribution in [3.63, 3.8) is 0 Å². The van der Waals surface area contributed by atoms with Crippen LogP contribution >= 0.6 is 0 Å². The lowest BCUT2D eigenvalue weighted by molar-refractivity contribution is -0.116. The number of hydrogen-bond acceptors (Lipinski definition) is 10. The number of pyridine rings is 2. The molecule has 4 N–H and O–H groups in total. The Balaban J connectivity index is 1.12. The van der Waals surface area contributed by atoms with E-state index in [-0.39, 0.29) is 48.3 Å². The Kier molecular flexibility index (Phi) is 10.3. The molecule has 0 unspecified atom stereocenters. The van der Waals surface area contributed by atoms with Crippen molar-refractivity contribution < 1.29 is 19.2 Å². The van der Waals surface area contributed by atoms with Gasteiger partial charge in [0.05, 0.1) is 35.6 Å². The predicted molar refractivity (Wildman–Crippen MR) is 170 cm³/mol. The van der Waals surface area contributed by atoms with Crippen molar-refractivity contribution in [1.82, 2.24) is 30.4 Å². The molecule has 1 aliphatic carbocycles. The first kappa shape index (κ1) is 31.8. The third-order valence-electron chi connectivity index (χ3n) is 7.32. The number of anilines is 4. The van der Waals surface area contributed by atoms with Gasteiger partial charge in [0.2, 0.25) is 23.6 Å². The van der Waals surface area contributed by atoms with Crippen LogP contribution in [0.15, 0.2) is 60.7 Å². The molecule has 1 aliphatic rings. The van der Waals surface area contributed by atoms with Crippen molar-refractivity contribution in [1.29, 1.82) is 0 Å². The van der Waals surface area contributed by atoms with E-state index >= 15 is 0 Å². The fourth-order valence-corrected chi connectivity index (χ4v) is 5.34. The molecular formula is C32H34N10O4. The van der Waals surface area contributed by atoms with Gasteiger partial charge in [0.25, 0.3) is 0 Å². The Morgan fingerprint density at radius 3 is 1.43 bits per heavy atom. The Labute approximate surface area is 265 Å². The van der Waals surface area contributed by atoms with Gasteiger partial charge in [-0.15, -0.1) is 10.2 Å². The van der Waals surface area contributed by atoms with Crippen molar-refractivity contribution in [2.75, 3.05) is 21.3 Å². The molecule has 1 fully saturated rings. The molecule has 4 amide bonds. The zero-order chi connectivity index (χ0) is 32.5. The van der Waals surface area contributed by atoms with Gasteiger partial charge in [0, 0.05) is 25.7 Å². The molecule has 0 aliphatic heterocycles. The number of hydrogen-bond donors (Lipinski definition) is 4. The van der Waals surface area contributed by atoms with Crippen molar-refractivity contribution in [2.24, 2.45) is 0 Å². The topological polar surface area (TPSA) is 194 Å². The zero-order valence-corrected chi connectivity index (χ0v) is 25.5. The summed E-state index contributed by atoms with van der Waals surface area (Å²) in [6.45, 7) is 2.79. The minimum atomic E-state index is -0.293. The second kappa shape index (κ2) is 14.9. The normalized spacial score (nSPS) is 15.8. The SMILES string of the molecule is CC(=O)Nc1cccc(CC(=O)Nc2ccc([C@H]3CCC[C@H](c4ccc(NC(=O)Cc5cccc(NC(C)=O)n5)nn4)C3)nn2)n1. The van der Waals surface area contributed by atoms with Crippen LogP contribution in [0.1, 0.15) is 74.1 Å². The van der Waals surface area contributed by atoms with E-state index in [0.29, 0.717) is 34.7 Å². The minimum absolute atomic E-state index is 0.0235. The summed E-state index contributed by atoms with van der Waals surface area (Å²) in [6, 6.07) is 17.4. The highest BCUT2D eigenvalue weighted by atomic mass is 16.2. The summed E-state index contributed by atoms with van der Waals surface area (Å²) in [5, 5.41) is 28.0. The van der Waals surface area contributed by atoms with Crippen LogP contribution in [0.2, 0.25) is 0 Å². The van der Waals surface area contributed by atoms with Gasteiger partial charge < -0.3 is 21.3 Å². The highest BCUT2D eigenvalue weighted by Crippen LogP contribution is 2.40. The van der Waals surface area contributed by atoms with E-state index in [1.165, 1.54) is 13.8 Å². The van der Waals surface area contributed by atoms with Gasteiger partial charge in [-0.2, -0.15) is 10.2 Å². The molecule has 5 rings (SSSR count). The maximum Gasteiger partial charge on any atom is 0.231 e. The van der Waals surface area contributed by atoms with Crippen molar-refractivity contribution in [3.05, 3.63) is 83.4 Å². The molecule has 0 saturated heterocycles. The van der Waals surface area contributed by atoms with E-state index in [4.69, 9.17) is 0 Å². The maximum atomic E-state index is 12.6. The summed E-state index contributed by atoms with van der Waals surface area (Å²) in [5.74, 6) is 0.765.